The second-order valence-electron chi connectivity index (χ2n) is 13.0. The van der Waals surface area contributed by atoms with Gasteiger partial charge in [0.05, 0.1) is 36.3 Å². The average molecular weight is 687 g/mol. The van der Waals surface area contributed by atoms with Crippen LogP contribution in [-0.2, 0) is 14.3 Å². The summed E-state index contributed by atoms with van der Waals surface area (Å²) in [5.74, 6) is 1.34. The molecule has 48 heavy (non-hydrogen) atoms. The molecule has 1 unspecified atom stereocenters. The van der Waals surface area contributed by atoms with Gasteiger partial charge in [-0.2, -0.15) is 5.10 Å². The summed E-state index contributed by atoms with van der Waals surface area (Å²) in [7, 11) is 1.53. The van der Waals surface area contributed by atoms with E-state index in [9.17, 15) is 14.4 Å². The third kappa shape index (κ3) is 9.28. The Morgan fingerprint density at radius 1 is 1.17 bits per heavy atom. The number of aromatic nitrogens is 3. The second kappa shape index (κ2) is 16.3. The van der Waals surface area contributed by atoms with Crippen LogP contribution >= 0.6 is 11.6 Å². The van der Waals surface area contributed by atoms with Gasteiger partial charge in [0.15, 0.2) is 5.69 Å². The van der Waals surface area contributed by atoms with Crippen molar-refractivity contribution in [1.29, 1.82) is 0 Å². The predicted octanol–water partition coefficient (Wildman–Crippen LogP) is 5.64. The molecule has 3 aromatic rings. The van der Waals surface area contributed by atoms with Crippen LogP contribution in [0.3, 0.4) is 0 Å². The van der Waals surface area contributed by atoms with E-state index in [0.717, 1.165) is 32.0 Å². The number of ether oxygens (including phenoxy) is 4. The van der Waals surface area contributed by atoms with Gasteiger partial charge in [-0.05, 0) is 66.0 Å². The molecule has 1 N–H and O–H groups in total. The van der Waals surface area contributed by atoms with Crippen molar-refractivity contribution in [2.45, 2.75) is 72.5 Å². The minimum atomic E-state index is -0.649. The van der Waals surface area contributed by atoms with Crippen LogP contribution in [-0.4, -0.2) is 96.3 Å². The molecule has 5 rings (SSSR count). The molecular formula is C34H47ClN6O7. The smallest absolute Gasteiger partial charge is 0.415 e. The first-order valence-electron chi connectivity index (χ1n) is 16.3. The summed E-state index contributed by atoms with van der Waals surface area (Å²) in [6.07, 6.45) is 4.40. The Kier molecular flexibility index (Phi) is 12.5. The number of nitrogens with one attached hydrogen (secondary N) is 1. The molecule has 1 atom stereocenters. The van der Waals surface area contributed by atoms with Gasteiger partial charge in [-0.25, -0.2) is 14.5 Å². The number of methoxy groups -OCH3 is 1. The highest BCUT2D eigenvalue weighted by Gasteiger charge is 2.31. The molecule has 0 saturated carbocycles. The normalized spacial score (nSPS) is 15.8. The quantitative estimate of drug-likeness (QED) is 0.223. The molecule has 1 fully saturated rings. The van der Waals surface area contributed by atoms with Crippen molar-refractivity contribution in [2.24, 2.45) is 5.92 Å². The fourth-order valence-corrected chi connectivity index (χ4v) is 5.45. The largest absolute Gasteiger partial charge is 0.494 e. The number of hydrogen-bond acceptors (Lipinski definition) is 10. The van der Waals surface area contributed by atoms with E-state index in [1.165, 1.54) is 24.9 Å². The lowest BCUT2D eigenvalue weighted by Gasteiger charge is -2.32. The first-order valence-corrected chi connectivity index (χ1v) is 16.7. The Morgan fingerprint density at radius 3 is 2.52 bits per heavy atom. The minimum absolute atomic E-state index is 0.0810. The monoisotopic (exact) mass is 686 g/mol. The molecule has 2 aliphatic rings. The van der Waals surface area contributed by atoms with Crippen LogP contribution in [0.4, 0.5) is 10.5 Å². The van der Waals surface area contributed by atoms with Crippen LogP contribution in [0.25, 0.3) is 16.6 Å². The van der Waals surface area contributed by atoms with E-state index in [2.05, 4.69) is 32.0 Å². The fraction of sp³-hybridized carbons (Fsp3) is 0.559. The number of piperidine rings is 1. The molecular weight excluding hydrogens is 640 g/mol. The Labute approximate surface area is 286 Å². The van der Waals surface area contributed by atoms with E-state index in [-0.39, 0.29) is 29.5 Å². The van der Waals surface area contributed by atoms with Gasteiger partial charge in [-0.1, -0.05) is 25.4 Å². The third-order valence-electron chi connectivity index (χ3n) is 8.17. The van der Waals surface area contributed by atoms with Gasteiger partial charge in [0.1, 0.15) is 34.5 Å². The zero-order valence-corrected chi connectivity index (χ0v) is 29.6. The number of benzene rings is 1. The van der Waals surface area contributed by atoms with Crippen molar-refractivity contribution in [1.82, 2.24) is 25.0 Å². The third-order valence-corrected chi connectivity index (χ3v) is 8.37. The Hall–Kier alpha value is -4.10. The number of carbonyl (C=O) groups is 3. The second-order valence-corrected chi connectivity index (χ2v) is 13.4. The number of hydrogen-bond donors (Lipinski definition) is 1. The Morgan fingerprint density at radius 2 is 1.90 bits per heavy atom. The lowest BCUT2D eigenvalue weighted by atomic mass is 9.99. The number of amides is 2. The van der Waals surface area contributed by atoms with Crippen molar-refractivity contribution in [2.75, 3.05) is 51.3 Å². The van der Waals surface area contributed by atoms with E-state index >= 15 is 0 Å². The minimum Gasteiger partial charge on any atom is -0.494 e. The fourth-order valence-electron chi connectivity index (χ4n) is 5.29. The van der Waals surface area contributed by atoms with Gasteiger partial charge in [0.25, 0.3) is 12.4 Å². The van der Waals surface area contributed by atoms with Crippen molar-refractivity contribution >= 4 is 46.7 Å². The van der Waals surface area contributed by atoms with Crippen LogP contribution < -0.4 is 19.7 Å². The van der Waals surface area contributed by atoms with E-state index in [1.54, 1.807) is 29.1 Å². The highest BCUT2D eigenvalue weighted by Crippen LogP contribution is 2.41. The van der Waals surface area contributed by atoms with Crippen LogP contribution in [0.1, 0.15) is 71.3 Å². The molecule has 1 saturated heterocycles. The molecule has 4 heterocycles. The van der Waals surface area contributed by atoms with E-state index in [1.807, 2.05) is 34.6 Å². The highest BCUT2D eigenvalue weighted by atomic mass is 35.5. The maximum atomic E-state index is 13.3. The van der Waals surface area contributed by atoms with Gasteiger partial charge < -0.3 is 29.2 Å². The first-order chi connectivity index (χ1) is 22.8. The van der Waals surface area contributed by atoms with Crippen molar-refractivity contribution in [3.63, 3.8) is 0 Å². The summed E-state index contributed by atoms with van der Waals surface area (Å²) in [6.45, 7) is 16.0. The Balaban J connectivity index is 0.000000671. The zero-order valence-electron chi connectivity index (χ0n) is 28.9. The van der Waals surface area contributed by atoms with Crippen molar-refractivity contribution < 1.29 is 33.3 Å². The molecule has 1 aromatic carbocycles. The number of anilines is 1. The van der Waals surface area contributed by atoms with Crippen LogP contribution in [0, 0.1) is 5.92 Å². The average Bonchev–Trinajstić information content (AvgIpc) is 3.42. The maximum Gasteiger partial charge on any atom is 0.415 e. The number of carbonyl (C=O) groups excluding carboxylic acids is 3. The van der Waals surface area contributed by atoms with Gasteiger partial charge in [0, 0.05) is 37.5 Å². The number of rotatable bonds is 9. The maximum absolute atomic E-state index is 13.3. The number of halogens is 1. The SMILES string of the molecule is CCC(C)OC=O.COc1cc2c(cc1-n1nc(C(=O)NCCN3CCC(C)CC3)c3cnc(Cl)cc31)OCCN2C(=O)OC(C)(C)C. The Bertz CT molecular complexity index is 1580. The molecule has 2 aliphatic heterocycles. The first kappa shape index (κ1) is 36.7. The number of pyridine rings is 1. The van der Waals surface area contributed by atoms with Crippen molar-refractivity contribution in [3.8, 4) is 17.2 Å². The molecule has 0 aliphatic carbocycles. The number of likely N-dealkylation sites (tertiary alicyclic amines) is 1. The molecule has 0 spiro atoms. The highest BCUT2D eigenvalue weighted by molar-refractivity contribution is 6.30. The van der Waals surface area contributed by atoms with Crippen LogP contribution in [0.15, 0.2) is 24.4 Å². The molecule has 14 heteroatoms. The predicted molar refractivity (Wildman–Crippen MR) is 184 cm³/mol. The van der Waals surface area contributed by atoms with E-state index in [0.29, 0.717) is 53.3 Å². The van der Waals surface area contributed by atoms with Gasteiger partial charge in [-0.3, -0.25) is 14.5 Å². The topological polar surface area (TPSA) is 137 Å². The summed E-state index contributed by atoms with van der Waals surface area (Å²) in [5, 5.41) is 8.51. The standard InChI is InChI=1S/C29H37ClN6O5.C5H10O2/c1-18-6-9-34(10-7-18)11-8-31-27(37)26-19-17-32-25(30)16-20(19)36(33-26)22-15-24-21(14-23(22)39-5)35(12-13-40-24)28(38)41-29(2,3)4;1-3-5(2)7-4-6/h14-18H,6-13H2,1-5H3,(H,31,37);4-5H,3H2,1-2H3. The van der Waals surface area contributed by atoms with Crippen LogP contribution in [0.5, 0.6) is 11.5 Å². The molecule has 0 bridgehead atoms. The molecule has 262 valence electrons. The van der Waals surface area contributed by atoms with Gasteiger partial charge >= 0.3 is 6.09 Å². The van der Waals surface area contributed by atoms with E-state index in [4.69, 9.17) is 25.8 Å². The summed E-state index contributed by atoms with van der Waals surface area (Å²) < 4.78 is 23.4. The lowest BCUT2D eigenvalue weighted by Crippen LogP contribution is -2.41. The molecule has 13 nitrogen and oxygen atoms in total. The molecule has 0 radical (unpaired) electrons. The van der Waals surface area contributed by atoms with Gasteiger partial charge in [-0.15, -0.1) is 0 Å². The molecule has 2 aromatic heterocycles. The van der Waals surface area contributed by atoms with Crippen LogP contribution in [0.2, 0.25) is 5.15 Å². The lowest BCUT2D eigenvalue weighted by molar-refractivity contribution is -0.132. The summed E-state index contributed by atoms with van der Waals surface area (Å²) in [4.78, 5) is 43.9. The summed E-state index contributed by atoms with van der Waals surface area (Å²) in [6, 6.07) is 5.11. The van der Waals surface area contributed by atoms with Crippen molar-refractivity contribution in [3.05, 3.63) is 35.2 Å². The number of nitrogens with zero attached hydrogens (tertiary/aromatic N) is 5. The zero-order chi connectivity index (χ0) is 35.0. The summed E-state index contributed by atoms with van der Waals surface area (Å²) in [5.41, 5.74) is 1.20. The number of fused-ring (bicyclic) bond motifs is 2. The van der Waals surface area contributed by atoms with E-state index < -0.39 is 11.7 Å². The summed E-state index contributed by atoms with van der Waals surface area (Å²) >= 11 is 6.27. The van der Waals surface area contributed by atoms with Gasteiger partial charge in [0.2, 0.25) is 0 Å². The molecule has 2 amide bonds.